The quantitative estimate of drug-likeness (QED) is 0.702. The van der Waals surface area contributed by atoms with Crippen LogP contribution in [0.3, 0.4) is 0 Å². The molecule has 0 aromatic rings. The zero-order valence-corrected chi connectivity index (χ0v) is 10.2. The van der Waals surface area contributed by atoms with Gasteiger partial charge in [0, 0.05) is 0 Å². The third kappa shape index (κ3) is 1.08. The van der Waals surface area contributed by atoms with Gasteiger partial charge in [0.15, 0.2) is 0 Å². The summed E-state index contributed by atoms with van der Waals surface area (Å²) in [5.74, 6) is 4.16. The first-order valence-corrected chi connectivity index (χ1v) is 6.77. The molecule has 0 heterocycles. The van der Waals surface area contributed by atoms with Crippen LogP contribution >= 0.6 is 0 Å². The van der Waals surface area contributed by atoms with Gasteiger partial charge in [-0.15, -0.1) is 0 Å². The van der Waals surface area contributed by atoms with Crippen molar-refractivity contribution >= 4 is 0 Å². The van der Waals surface area contributed by atoms with Crippen molar-refractivity contribution in [1.82, 2.24) is 0 Å². The average molecular weight is 208 g/mol. The van der Waals surface area contributed by atoms with Crippen LogP contribution in [0.4, 0.5) is 0 Å². The second-order valence-electron chi connectivity index (χ2n) is 6.66. The fourth-order valence-corrected chi connectivity index (χ4v) is 5.24. The topological polar surface area (TPSA) is 20.2 Å². The first-order chi connectivity index (χ1) is 7.09. The molecule has 0 aromatic carbocycles. The van der Waals surface area contributed by atoms with E-state index < -0.39 is 0 Å². The van der Waals surface area contributed by atoms with Crippen LogP contribution in [-0.2, 0) is 0 Å². The summed E-state index contributed by atoms with van der Waals surface area (Å²) in [4.78, 5) is 0. The first kappa shape index (κ1) is 10.1. The summed E-state index contributed by atoms with van der Waals surface area (Å²) >= 11 is 0. The summed E-state index contributed by atoms with van der Waals surface area (Å²) in [5.41, 5.74) is 0.590. The predicted octanol–water partition coefficient (Wildman–Crippen LogP) is 3.08. The number of aliphatic hydroxyl groups excluding tert-OH is 1. The van der Waals surface area contributed by atoms with E-state index in [1.807, 2.05) is 0 Å². The zero-order valence-electron chi connectivity index (χ0n) is 10.2. The third-order valence-corrected chi connectivity index (χ3v) is 5.97. The monoisotopic (exact) mass is 208 g/mol. The summed E-state index contributed by atoms with van der Waals surface area (Å²) in [6, 6.07) is 0. The molecular formula is C14H24O. The van der Waals surface area contributed by atoms with Gasteiger partial charge in [0.1, 0.15) is 0 Å². The van der Waals surface area contributed by atoms with Crippen molar-refractivity contribution in [3.63, 3.8) is 0 Å². The maximum Gasteiger partial charge on any atom is 0.0577 e. The molecule has 4 unspecified atom stereocenters. The van der Waals surface area contributed by atoms with Crippen molar-refractivity contribution in [3.8, 4) is 0 Å². The summed E-state index contributed by atoms with van der Waals surface area (Å²) in [6.07, 6.45) is 5.25. The fourth-order valence-electron chi connectivity index (χ4n) is 5.24. The van der Waals surface area contributed by atoms with Crippen LogP contribution in [0.2, 0.25) is 0 Å². The van der Waals surface area contributed by atoms with E-state index in [4.69, 9.17) is 0 Å². The Balaban J connectivity index is 1.88. The van der Waals surface area contributed by atoms with Crippen molar-refractivity contribution < 1.29 is 5.11 Å². The molecule has 0 aliphatic heterocycles. The van der Waals surface area contributed by atoms with Crippen molar-refractivity contribution in [2.24, 2.45) is 35.0 Å². The molecule has 1 nitrogen and oxygen atoms in total. The highest BCUT2D eigenvalue weighted by molar-refractivity contribution is 5.22. The van der Waals surface area contributed by atoms with Gasteiger partial charge in [-0.2, -0.15) is 0 Å². The van der Waals surface area contributed by atoms with E-state index >= 15 is 0 Å². The van der Waals surface area contributed by atoms with Gasteiger partial charge in [-0.05, 0) is 60.7 Å². The van der Waals surface area contributed by atoms with Gasteiger partial charge < -0.3 is 5.11 Å². The Morgan fingerprint density at radius 1 is 1.13 bits per heavy atom. The number of aliphatic hydroxyl groups is 1. The number of hydrogen-bond donors (Lipinski definition) is 1. The minimum absolute atomic E-state index is 0.0387. The van der Waals surface area contributed by atoms with Crippen LogP contribution in [0.15, 0.2) is 0 Å². The van der Waals surface area contributed by atoms with Gasteiger partial charge in [-0.1, -0.05) is 20.8 Å². The molecule has 3 rings (SSSR count). The maximum atomic E-state index is 10.1. The molecule has 3 saturated carbocycles. The normalized spacial score (nSPS) is 57.8. The van der Waals surface area contributed by atoms with E-state index in [-0.39, 0.29) is 6.10 Å². The lowest BCUT2D eigenvalue weighted by Crippen LogP contribution is -2.28. The molecule has 1 heteroatoms. The summed E-state index contributed by atoms with van der Waals surface area (Å²) in [6.45, 7) is 7.17. The zero-order chi connectivity index (χ0) is 10.8. The molecule has 0 amide bonds. The smallest absolute Gasteiger partial charge is 0.0577 e. The molecule has 86 valence electrons. The lowest BCUT2D eigenvalue weighted by Gasteiger charge is -2.35. The van der Waals surface area contributed by atoms with Gasteiger partial charge in [-0.3, -0.25) is 0 Å². The summed E-state index contributed by atoms with van der Waals surface area (Å²) in [7, 11) is 0. The first-order valence-electron chi connectivity index (χ1n) is 6.77. The van der Waals surface area contributed by atoms with E-state index in [1.165, 1.54) is 19.3 Å². The SMILES string of the molecule is CC(C)[C@H]1CC[C@H](C)C23CCC(O)C2C13. The molecule has 0 aromatic heterocycles. The van der Waals surface area contributed by atoms with Crippen molar-refractivity contribution in [2.45, 2.75) is 52.6 Å². The number of rotatable bonds is 1. The number of fused-ring (bicyclic) bond motifs is 1. The minimum Gasteiger partial charge on any atom is -0.393 e. The van der Waals surface area contributed by atoms with Crippen LogP contribution in [0.25, 0.3) is 0 Å². The van der Waals surface area contributed by atoms with E-state index in [1.54, 1.807) is 0 Å². The van der Waals surface area contributed by atoms with Crippen LogP contribution < -0.4 is 0 Å². The second-order valence-corrected chi connectivity index (χ2v) is 6.66. The Hall–Kier alpha value is -0.0400. The van der Waals surface area contributed by atoms with E-state index in [2.05, 4.69) is 20.8 Å². The van der Waals surface area contributed by atoms with Crippen molar-refractivity contribution in [3.05, 3.63) is 0 Å². The number of hydrogen-bond acceptors (Lipinski definition) is 1. The summed E-state index contributed by atoms with van der Waals surface area (Å²) < 4.78 is 0. The molecule has 15 heavy (non-hydrogen) atoms. The minimum atomic E-state index is 0.0387. The molecule has 3 aliphatic carbocycles. The Morgan fingerprint density at radius 2 is 1.87 bits per heavy atom. The third-order valence-electron chi connectivity index (χ3n) is 5.97. The van der Waals surface area contributed by atoms with Crippen LogP contribution in [0, 0.1) is 35.0 Å². The highest BCUT2D eigenvalue weighted by Crippen LogP contribution is 2.77. The maximum absolute atomic E-state index is 10.1. The van der Waals surface area contributed by atoms with E-state index in [0.29, 0.717) is 11.3 Å². The van der Waals surface area contributed by atoms with E-state index in [9.17, 15) is 5.11 Å². The molecule has 1 N–H and O–H groups in total. The van der Waals surface area contributed by atoms with Crippen molar-refractivity contribution in [1.29, 1.82) is 0 Å². The molecule has 0 radical (unpaired) electrons. The van der Waals surface area contributed by atoms with E-state index in [0.717, 1.165) is 30.1 Å². The Labute approximate surface area is 93.3 Å². The Kier molecular flexibility index (Phi) is 2.03. The van der Waals surface area contributed by atoms with Crippen molar-refractivity contribution in [2.75, 3.05) is 0 Å². The van der Waals surface area contributed by atoms with Gasteiger partial charge in [-0.25, -0.2) is 0 Å². The second kappa shape index (κ2) is 3.00. The van der Waals surface area contributed by atoms with Gasteiger partial charge >= 0.3 is 0 Å². The molecule has 6 atom stereocenters. The summed E-state index contributed by atoms with van der Waals surface area (Å²) in [5, 5.41) is 10.1. The molecule has 0 saturated heterocycles. The largest absolute Gasteiger partial charge is 0.393 e. The molecule has 3 fully saturated rings. The molecular weight excluding hydrogens is 184 g/mol. The molecule has 1 spiro atoms. The van der Waals surface area contributed by atoms with Crippen LogP contribution in [-0.4, -0.2) is 11.2 Å². The molecule has 3 aliphatic rings. The van der Waals surface area contributed by atoms with Gasteiger partial charge in [0.2, 0.25) is 0 Å². The fraction of sp³-hybridized carbons (Fsp3) is 1.00. The van der Waals surface area contributed by atoms with Crippen LogP contribution in [0.5, 0.6) is 0 Å². The highest BCUT2D eigenvalue weighted by atomic mass is 16.3. The van der Waals surface area contributed by atoms with Crippen LogP contribution in [0.1, 0.15) is 46.5 Å². The highest BCUT2D eigenvalue weighted by Gasteiger charge is 2.74. The predicted molar refractivity (Wildman–Crippen MR) is 61.4 cm³/mol. The molecule has 0 bridgehead atoms. The Morgan fingerprint density at radius 3 is 2.53 bits per heavy atom. The van der Waals surface area contributed by atoms with Gasteiger partial charge in [0.25, 0.3) is 0 Å². The van der Waals surface area contributed by atoms with Gasteiger partial charge in [0.05, 0.1) is 6.10 Å². The standard InChI is InChI=1S/C14H24O/c1-8(2)10-5-4-9(3)14-7-6-11(15)13(14)12(10)14/h8-13,15H,4-7H2,1-3H3/t9-,10+,11?,12?,13?,14?/m0/s1. The average Bonchev–Trinajstić information content (AvgIpc) is 2.75. The lowest BCUT2D eigenvalue weighted by molar-refractivity contribution is 0.117. The lowest BCUT2D eigenvalue weighted by atomic mass is 9.70. The Bertz CT molecular complexity index is 273.